The lowest BCUT2D eigenvalue weighted by Gasteiger charge is -2.35. The van der Waals surface area contributed by atoms with Crippen LogP contribution in [0.4, 0.5) is 0 Å². The highest BCUT2D eigenvalue weighted by Crippen LogP contribution is 2.88. The van der Waals surface area contributed by atoms with Crippen molar-refractivity contribution in [1.82, 2.24) is 0 Å². The van der Waals surface area contributed by atoms with Crippen LogP contribution >= 0.6 is 0 Å². The molecule has 4 fully saturated rings. The minimum Gasteiger partial charge on any atom is -0.378 e. The van der Waals surface area contributed by atoms with Crippen LogP contribution in [0, 0.1) is 28.6 Å². The monoisotopic (exact) mass is 192 g/mol. The fraction of sp³-hybridized carbons (Fsp3) is 1.00. The topological polar surface area (TPSA) is 9.23 Å². The summed E-state index contributed by atoms with van der Waals surface area (Å²) < 4.78 is 6.00. The van der Waals surface area contributed by atoms with Crippen LogP contribution in [0.5, 0.6) is 0 Å². The van der Waals surface area contributed by atoms with Crippen molar-refractivity contribution in [2.24, 2.45) is 28.6 Å². The molecule has 0 radical (unpaired) electrons. The third kappa shape index (κ3) is 0.576. The van der Waals surface area contributed by atoms with Crippen LogP contribution in [-0.2, 0) is 4.74 Å². The molecule has 0 N–H and O–H groups in total. The second kappa shape index (κ2) is 1.81. The molecule has 4 aliphatic carbocycles. The molecule has 1 spiro atoms. The van der Waals surface area contributed by atoms with Crippen LogP contribution in [0.2, 0.25) is 0 Å². The molecule has 0 aromatic heterocycles. The number of fused-ring (bicyclic) bond motifs is 1. The lowest BCUT2D eigenvalue weighted by Crippen LogP contribution is -2.38. The van der Waals surface area contributed by atoms with Crippen molar-refractivity contribution < 1.29 is 4.74 Å². The van der Waals surface area contributed by atoms with Gasteiger partial charge in [0.15, 0.2) is 0 Å². The van der Waals surface area contributed by atoms with Gasteiger partial charge in [0.1, 0.15) is 0 Å². The van der Waals surface area contributed by atoms with E-state index in [0.29, 0.717) is 16.4 Å². The van der Waals surface area contributed by atoms with E-state index in [2.05, 4.69) is 13.8 Å². The van der Waals surface area contributed by atoms with Gasteiger partial charge in [0, 0.05) is 12.5 Å². The molecule has 4 saturated carbocycles. The second-order valence-corrected chi connectivity index (χ2v) is 6.97. The quantitative estimate of drug-likeness (QED) is 0.620. The molecule has 78 valence electrons. The molecule has 0 heterocycles. The molecular weight excluding hydrogens is 172 g/mol. The average molecular weight is 192 g/mol. The predicted octanol–water partition coefficient (Wildman–Crippen LogP) is 2.85. The summed E-state index contributed by atoms with van der Waals surface area (Å²) in [4.78, 5) is 0. The van der Waals surface area contributed by atoms with E-state index in [9.17, 15) is 0 Å². The molecule has 4 aliphatic rings. The number of rotatable bonds is 1. The van der Waals surface area contributed by atoms with Gasteiger partial charge in [-0.2, -0.15) is 0 Å². The van der Waals surface area contributed by atoms with Crippen LogP contribution in [-0.4, -0.2) is 12.7 Å². The van der Waals surface area contributed by atoms with Crippen molar-refractivity contribution >= 4 is 0 Å². The van der Waals surface area contributed by atoms with Crippen molar-refractivity contribution in [2.45, 2.75) is 45.1 Å². The highest BCUT2D eigenvalue weighted by Gasteiger charge is 2.86. The van der Waals surface area contributed by atoms with E-state index in [1.54, 1.807) is 0 Å². The highest BCUT2D eigenvalue weighted by atomic mass is 16.5. The molecule has 1 heteroatoms. The first-order valence-corrected chi connectivity index (χ1v) is 6.11. The van der Waals surface area contributed by atoms with Gasteiger partial charge >= 0.3 is 0 Å². The number of methoxy groups -OCH3 is 1. The maximum atomic E-state index is 6.00. The Kier molecular flexibility index (Phi) is 1.06. The fourth-order valence-electron chi connectivity index (χ4n) is 5.66. The second-order valence-electron chi connectivity index (χ2n) is 6.97. The van der Waals surface area contributed by atoms with Crippen LogP contribution in [0.15, 0.2) is 0 Å². The van der Waals surface area contributed by atoms with Crippen LogP contribution in [0.25, 0.3) is 0 Å². The van der Waals surface area contributed by atoms with Crippen molar-refractivity contribution in [3.8, 4) is 0 Å². The zero-order chi connectivity index (χ0) is 9.77. The van der Waals surface area contributed by atoms with E-state index < -0.39 is 0 Å². The Morgan fingerprint density at radius 2 is 2.00 bits per heavy atom. The summed E-state index contributed by atoms with van der Waals surface area (Å²) in [6.07, 6.45) is 5.72. The minimum atomic E-state index is 0.314. The Labute approximate surface area is 86.2 Å². The van der Waals surface area contributed by atoms with Gasteiger partial charge in [-0.05, 0) is 48.9 Å². The SMILES string of the molecule is CO[C@@]12C[C@@H]3C[C@@H]3[C@@]13C[C@@H]3C(C)(C)C2. The van der Waals surface area contributed by atoms with Crippen molar-refractivity contribution in [3.63, 3.8) is 0 Å². The van der Waals surface area contributed by atoms with Crippen LogP contribution < -0.4 is 0 Å². The Hall–Kier alpha value is -0.0400. The fourth-order valence-corrected chi connectivity index (χ4v) is 5.66. The lowest BCUT2D eigenvalue weighted by molar-refractivity contribution is -0.0639. The third-order valence-corrected chi connectivity index (χ3v) is 6.10. The third-order valence-electron chi connectivity index (χ3n) is 6.10. The first-order chi connectivity index (χ1) is 6.56. The first-order valence-electron chi connectivity index (χ1n) is 6.11. The van der Waals surface area contributed by atoms with Gasteiger partial charge < -0.3 is 4.74 Å². The zero-order valence-corrected chi connectivity index (χ0v) is 9.47. The van der Waals surface area contributed by atoms with Crippen LogP contribution in [0.1, 0.15) is 39.5 Å². The predicted molar refractivity (Wildman–Crippen MR) is 54.9 cm³/mol. The van der Waals surface area contributed by atoms with E-state index in [-0.39, 0.29) is 0 Å². The molecular formula is C13H20O. The summed E-state index contributed by atoms with van der Waals surface area (Å²) in [6.45, 7) is 4.92. The van der Waals surface area contributed by atoms with Gasteiger partial charge in [-0.1, -0.05) is 13.8 Å². The summed E-state index contributed by atoms with van der Waals surface area (Å²) in [7, 11) is 1.96. The lowest BCUT2D eigenvalue weighted by atomic mass is 9.80. The van der Waals surface area contributed by atoms with Crippen LogP contribution in [0.3, 0.4) is 0 Å². The van der Waals surface area contributed by atoms with E-state index in [1.165, 1.54) is 25.7 Å². The molecule has 5 atom stereocenters. The van der Waals surface area contributed by atoms with E-state index >= 15 is 0 Å². The minimum absolute atomic E-state index is 0.314. The van der Waals surface area contributed by atoms with E-state index in [0.717, 1.165) is 17.8 Å². The Morgan fingerprint density at radius 1 is 1.21 bits per heavy atom. The zero-order valence-electron chi connectivity index (χ0n) is 9.47. The molecule has 14 heavy (non-hydrogen) atoms. The highest BCUT2D eigenvalue weighted by molar-refractivity contribution is 5.35. The maximum Gasteiger partial charge on any atom is 0.0748 e. The van der Waals surface area contributed by atoms with E-state index in [4.69, 9.17) is 4.74 Å². The molecule has 0 unspecified atom stereocenters. The summed E-state index contributed by atoms with van der Waals surface area (Å²) in [5.74, 6) is 3.11. The normalized spacial score (nSPS) is 65.8. The summed E-state index contributed by atoms with van der Waals surface area (Å²) in [6, 6.07) is 0. The molecule has 4 rings (SSSR count). The first kappa shape index (κ1) is 8.15. The molecule has 0 aromatic carbocycles. The van der Waals surface area contributed by atoms with Gasteiger partial charge in [0.05, 0.1) is 5.60 Å². The Bertz CT molecular complexity index is 321. The molecule has 0 saturated heterocycles. The number of hydrogen-bond donors (Lipinski definition) is 0. The molecule has 0 aliphatic heterocycles. The van der Waals surface area contributed by atoms with Gasteiger partial charge in [-0.25, -0.2) is 0 Å². The summed E-state index contributed by atoms with van der Waals surface area (Å²) >= 11 is 0. The van der Waals surface area contributed by atoms with Gasteiger partial charge in [-0.15, -0.1) is 0 Å². The maximum absolute atomic E-state index is 6.00. The average Bonchev–Trinajstić information content (AvgIpc) is 2.91. The summed E-state index contributed by atoms with van der Waals surface area (Å²) in [5, 5.41) is 0. The van der Waals surface area contributed by atoms with Gasteiger partial charge in [0.25, 0.3) is 0 Å². The van der Waals surface area contributed by atoms with Gasteiger partial charge in [0.2, 0.25) is 0 Å². The standard InChI is InChI=1S/C13H20O/c1-11(2)7-12(14-3)5-8-4-9(8)13(12)6-10(11)13/h8-10H,4-7H2,1-3H3/t8-,9-,10+,12+,13+/m0/s1. The number of hydrogen-bond acceptors (Lipinski definition) is 1. The largest absolute Gasteiger partial charge is 0.378 e. The van der Waals surface area contributed by atoms with E-state index in [1.807, 2.05) is 7.11 Å². The van der Waals surface area contributed by atoms with Crippen molar-refractivity contribution in [2.75, 3.05) is 7.11 Å². The Morgan fingerprint density at radius 3 is 2.57 bits per heavy atom. The molecule has 1 nitrogen and oxygen atoms in total. The summed E-state index contributed by atoms with van der Waals surface area (Å²) in [5.41, 5.74) is 1.54. The molecule has 0 aromatic rings. The smallest absolute Gasteiger partial charge is 0.0748 e. The van der Waals surface area contributed by atoms with Gasteiger partial charge in [-0.3, -0.25) is 0 Å². The Balaban J connectivity index is 1.84. The van der Waals surface area contributed by atoms with Crippen molar-refractivity contribution in [1.29, 1.82) is 0 Å². The molecule has 0 amide bonds. The van der Waals surface area contributed by atoms with Crippen molar-refractivity contribution in [3.05, 3.63) is 0 Å². The molecule has 0 bridgehead atoms. The number of ether oxygens (including phenoxy) is 1.